The summed E-state index contributed by atoms with van der Waals surface area (Å²) in [6.45, 7) is 1.75. The van der Waals surface area contributed by atoms with Crippen LogP contribution in [0.15, 0.2) is 77.7 Å². The van der Waals surface area contributed by atoms with Crippen molar-refractivity contribution in [3.05, 3.63) is 72.8 Å². The summed E-state index contributed by atoms with van der Waals surface area (Å²) >= 11 is 1.41. The highest BCUT2D eigenvalue weighted by Crippen LogP contribution is 2.28. The van der Waals surface area contributed by atoms with Crippen LogP contribution in [0.3, 0.4) is 0 Å². The van der Waals surface area contributed by atoms with E-state index in [2.05, 4.69) is 10.6 Å². The Hall–Kier alpha value is -3.65. The smallest absolute Gasteiger partial charge is 0.262 e. The molecule has 2 N–H and O–H groups in total. The highest BCUT2D eigenvalue weighted by Gasteiger charge is 2.16. The van der Waals surface area contributed by atoms with E-state index >= 15 is 0 Å². The third-order valence-corrected chi connectivity index (χ3v) is 5.66. The second-order valence-corrected chi connectivity index (χ2v) is 8.44. The Balaban J connectivity index is 1.50. The van der Waals surface area contributed by atoms with Gasteiger partial charge >= 0.3 is 0 Å². The summed E-state index contributed by atoms with van der Waals surface area (Å²) in [6, 6.07) is 21.7. The van der Waals surface area contributed by atoms with Crippen LogP contribution in [0, 0.1) is 0 Å². The summed E-state index contributed by atoms with van der Waals surface area (Å²) < 4.78 is 15.9. The van der Waals surface area contributed by atoms with Crippen LogP contribution in [0.25, 0.3) is 0 Å². The van der Waals surface area contributed by atoms with Gasteiger partial charge in [0, 0.05) is 34.5 Å². The first-order valence-corrected chi connectivity index (χ1v) is 11.1. The molecule has 2 amide bonds. The van der Waals surface area contributed by atoms with Crippen molar-refractivity contribution in [3.8, 4) is 17.2 Å². The molecule has 0 radical (unpaired) electrons. The molecule has 8 heteroatoms. The number of amides is 2. The van der Waals surface area contributed by atoms with Crippen molar-refractivity contribution >= 4 is 35.0 Å². The molecular formula is C25H26N2O5S. The fourth-order valence-electron chi connectivity index (χ4n) is 2.86. The van der Waals surface area contributed by atoms with Gasteiger partial charge in [-0.25, -0.2) is 0 Å². The molecule has 0 fully saturated rings. The monoisotopic (exact) mass is 466 g/mol. The summed E-state index contributed by atoms with van der Waals surface area (Å²) in [4.78, 5) is 25.6. The van der Waals surface area contributed by atoms with Crippen molar-refractivity contribution < 1.29 is 23.8 Å². The van der Waals surface area contributed by atoms with E-state index in [0.717, 1.165) is 4.90 Å². The van der Waals surface area contributed by atoms with Crippen molar-refractivity contribution in [1.29, 1.82) is 0 Å². The molecule has 3 aromatic rings. The zero-order valence-electron chi connectivity index (χ0n) is 18.7. The van der Waals surface area contributed by atoms with Crippen LogP contribution in [-0.2, 0) is 9.59 Å². The molecule has 0 saturated heterocycles. The molecule has 3 rings (SSSR count). The fraction of sp³-hybridized carbons (Fsp3) is 0.200. The minimum absolute atomic E-state index is 0.0766. The number of benzene rings is 3. The van der Waals surface area contributed by atoms with Gasteiger partial charge in [-0.2, -0.15) is 0 Å². The predicted octanol–water partition coefficient (Wildman–Crippen LogP) is 4.84. The number of thioether (sulfide) groups is 1. The van der Waals surface area contributed by atoms with Gasteiger partial charge in [-0.3, -0.25) is 9.59 Å². The van der Waals surface area contributed by atoms with E-state index in [1.165, 1.54) is 11.8 Å². The van der Waals surface area contributed by atoms with Crippen molar-refractivity contribution in [2.45, 2.75) is 17.1 Å². The summed E-state index contributed by atoms with van der Waals surface area (Å²) in [5, 5.41) is 5.33. The maximum absolute atomic E-state index is 12.6. The molecule has 1 atom stereocenters. The number of carbonyl (C=O) groups excluding carboxylic acids is 2. The minimum atomic E-state index is -0.345. The Kier molecular flexibility index (Phi) is 8.60. The number of methoxy groups -OCH3 is 2. The molecule has 0 spiro atoms. The van der Waals surface area contributed by atoms with Crippen LogP contribution in [0.4, 0.5) is 11.4 Å². The highest BCUT2D eigenvalue weighted by molar-refractivity contribution is 8.00. The van der Waals surface area contributed by atoms with Gasteiger partial charge in [0.05, 0.1) is 19.5 Å². The first-order chi connectivity index (χ1) is 16.0. The van der Waals surface area contributed by atoms with Crippen molar-refractivity contribution in [1.82, 2.24) is 0 Å². The molecule has 0 aliphatic carbocycles. The van der Waals surface area contributed by atoms with Crippen LogP contribution >= 0.6 is 11.8 Å². The molecule has 3 aromatic carbocycles. The lowest BCUT2D eigenvalue weighted by Crippen LogP contribution is -2.22. The van der Waals surface area contributed by atoms with Crippen molar-refractivity contribution in [2.24, 2.45) is 0 Å². The standard InChI is InChI=1S/C25H26N2O5S/c1-17(25(29)27-19-13-21(30-2)15-22(14-19)31-3)33-23-11-9-18(10-12-23)26-24(28)16-32-20-7-5-4-6-8-20/h4-15,17H,16H2,1-3H3,(H,26,28)(H,27,29). The Labute approximate surface area is 197 Å². The first-order valence-electron chi connectivity index (χ1n) is 10.2. The van der Waals surface area contributed by atoms with Gasteiger partial charge in [0.15, 0.2) is 6.61 Å². The molecule has 0 heterocycles. The van der Waals surface area contributed by atoms with E-state index in [-0.39, 0.29) is 23.7 Å². The molecule has 0 bridgehead atoms. The molecule has 1 unspecified atom stereocenters. The number of carbonyl (C=O) groups is 2. The van der Waals surface area contributed by atoms with E-state index in [9.17, 15) is 9.59 Å². The molecule has 0 saturated carbocycles. The first kappa shape index (κ1) is 24.0. The number of nitrogens with one attached hydrogen (secondary N) is 2. The zero-order chi connectivity index (χ0) is 23.6. The van der Waals surface area contributed by atoms with Crippen LogP contribution in [0.5, 0.6) is 17.2 Å². The number of rotatable bonds is 10. The summed E-state index contributed by atoms with van der Waals surface area (Å²) in [7, 11) is 3.11. The summed E-state index contributed by atoms with van der Waals surface area (Å²) in [5.41, 5.74) is 1.25. The third-order valence-electron chi connectivity index (χ3n) is 4.55. The van der Waals surface area contributed by atoms with Gasteiger partial charge in [0.1, 0.15) is 17.2 Å². The van der Waals surface area contributed by atoms with Gasteiger partial charge in [-0.05, 0) is 43.3 Å². The van der Waals surface area contributed by atoms with Crippen LogP contribution in [-0.4, -0.2) is 37.9 Å². The Bertz CT molecular complexity index is 1050. The van der Waals surface area contributed by atoms with Crippen LogP contribution < -0.4 is 24.8 Å². The number of hydrogen-bond donors (Lipinski definition) is 2. The number of hydrogen-bond acceptors (Lipinski definition) is 6. The third kappa shape index (κ3) is 7.47. The molecule has 7 nitrogen and oxygen atoms in total. The SMILES string of the molecule is COc1cc(NC(=O)C(C)Sc2ccc(NC(=O)COc3ccccc3)cc2)cc(OC)c1. The number of ether oxygens (including phenoxy) is 3. The topological polar surface area (TPSA) is 85.9 Å². The molecule has 33 heavy (non-hydrogen) atoms. The second kappa shape index (κ2) is 11.8. The lowest BCUT2D eigenvalue weighted by molar-refractivity contribution is -0.118. The average Bonchev–Trinajstić information content (AvgIpc) is 2.84. The second-order valence-electron chi connectivity index (χ2n) is 7.02. The highest BCUT2D eigenvalue weighted by atomic mass is 32.2. The Morgan fingerprint density at radius 3 is 2.06 bits per heavy atom. The molecular weight excluding hydrogens is 440 g/mol. The van der Waals surface area contributed by atoms with Gasteiger partial charge < -0.3 is 24.8 Å². The lowest BCUT2D eigenvalue weighted by atomic mass is 10.2. The molecule has 172 valence electrons. The van der Waals surface area contributed by atoms with E-state index in [1.807, 2.05) is 37.3 Å². The van der Waals surface area contributed by atoms with Crippen molar-refractivity contribution in [2.75, 3.05) is 31.5 Å². The van der Waals surface area contributed by atoms with Crippen molar-refractivity contribution in [3.63, 3.8) is 0 Å². The normalized spacial score (nSPS) is 11.2. The summed E-state index contributed by atoms with van der Waals surface area (Å²) in [5.74, 6) is 1.43. The summed E-state index contributed by atoms with van der Waals surface area (Å²) in [6.07, 6.45) is 0. The van der Waals surface area contributed by atoms with Gasteiger partial charge in [-0.1, -0.05) is 18.2 Å². The van der Waals surface area contributed by atoms with Crippen LogP contribution in [0.1, 0.15) is 6.92 Å². The van der Waals surface area contributed by atoms with Gasteiger partial charge in [-0.15, -0.1) is 11.8 Å². The largest absolute Gasteiger partial charge is 0.497 e. The molecule has 0 aliphatic heterocycles. The lowest BCUT2D eigenvalue weighted by Gasteiger charge is -2.14. The average molecular weight is 467 g/mol. The maximum atomic E-state index is 12.6. The quantitative estimate of drug-likeness (QED) is 0.416. The maximum Gasteiger partial charge on any atom is 0.262 e. The van der Waals surface area contributed by atoms with Gasteiger partial charge in [0.25, 0.3) is 5.91 Å². The molecule has 0 aromatic heterocycles. The predicted molar refractivity (Wildman–Crippen MR) is 131 cm³/mol. The van der Waals surface area contributed by atoms with E-state index in [4.69, 9.17) is 14.2 Å². The fourth-order valence-corrected chi connectivity index (χ4v) is 3.73. The number of anilines is 2. The van der Waals surface area contributed by atoms with E-state index < -0.39 is 0 Å². The van der Waals surface area contributed by atoms with E-state index in [0.29, 0.717) is 28.6 Å². The zero-order valence-corrected chi connectivity index (χ0v) is 19.5. The Morgan fingerprint density at radius 1 is 0.818 bits per heavy atom. The van der Waals surface area contributed by atoms with Gasteiger partial charge in [0.2, 0.25) is 5.91 Å². The number of para-hydroxylation sites is 1. The Morgan fingerprint density at radius 2 is 1.45 bits per heavy atom. The van der Waals surface area contributed by atoms with E-state index in [1.54, 1.807) is 56.7 Å². The minimum Gasteiger partial charge on any atom is -0.497 e. The van der Waals surface area contributed by atoms with Crippen LogP contribution in [0.2, 0.25) is 0 Å². The molecule has 0 aliphatic rings.